The molecule has 0 spiro atoms. The lowest BCUT2D eigenvalue weighted by Crippen LogP contribution is -2.46. The third kappa shape index (κ3) is 3.35. The highest BCUT2D eigenvalue weighted by Crippen LogP contribution is 2.36. The minimum atomic E-state index is 0.207. The van der Waals surface area contributed by atoms with Crippen molar-refractivity contribution in [3.8, 4) is 5.75 Å². The predicted octanol–water partition coefficient (Wildman–Crippen LogP) is 3.77. The molecule has 2 fully saturated rings. The summed E-state index contributed by atoms with van der Waals surface area (Å²) >= 11 is 6.07. The van der Waals surface area contributed by atoms with E-state index >= 15 is 0 Å². The topological polar surface area (TPSA) is 63.3 Å². The van der Waals surface area contributed by atoms with Crippen molar-refractivity contribution in [1.82, 2.24) is 15.0 Å². The van der Waals surface area contributed by atoms with Crippen molar-refractivity contribution in [2.75, 3.05) is 31.2 Å². The number of halogens is 1. The summed E-state index contributed by atoms with van der Waals surface area (Å²) in [7, 11) is 0. The Morgan fingerprint density at radius 2 is 2.04 bits per heavy atom. The number of nitrogens with zero attached hydrogens (tertiary/aromatic N) is 3. The highest BCUT2D eigenvalue weighted by Gasteiger charge is 2.33. The van der Waals surface area contributed by atoms with E-state index in [9.17, 15) is 0 Å². The Kier molecular flexibility index (Phi) is 4.38. The molecule has 5 rings (SSSR count). The number of H-pyrrole nitrogens is 1. The van der Waals surface area contributed by atoms with Gasteiger partial charge in [-0.05, 0) is 30.3 Å². The van der Waals surface area contributed by atoms with Gasteiger partial charge in [-0.3, -0.25) is 0 Å². The van der Waals surface area contributed by atoms with Gasteiger partial charge in [0, 0.05) is 37.2 Å². The van der Waals surface area contributed by atoms with Crippen molar-refractivity contribution in [1.29, 1.82) is 0 Å². The van der Waals surface area contributed by atoms with Gasteiger partial charge >= 0.3 is 0 Å². The third-order valence-electron chi connectivity index (χ3n) is 5.24. The van der Waals surface area contributed by atoms with Crippen LogP contribution in [0.3, 0.4) is 0 Å². The van der Waals surface area contributed by atoms with Crippen molar-refractivity contribution >= 4 is 28.5 Å². The van der Waals surface area contributed by atoms with E-state index < -0.39 is 0 Å². The second-order valence-electron chi connectivity index (χ2n) is 7.14. The molecule has 3 aromatic rings. The molecule has 2 aromatic heterocycles. The molecule has 140 valence electrons. The zero-order valence-corrected chi connectivity index (χ0v) is 15.7. The molecular weight excluding hydrogens is 364 g/mol. The SMILES string of the molecule is Clc1ccc2nc(C3CN(c4ncccc4OC4CCOCC4)C3)[nH]c2c1. The van der Waals surface area contributed by atoms with Crippen LogP contribution in [-0.2, 0) is 4.74 Å². The van der Waals surface area contributed by atoms with Crippen LogP contribution in [0.1, 0.15) is 24.6 Å². The second-order valence-corrected chi connectivity index (χ2v) is 7.58. The third-order valence-corrected chi connectivity index (χ3v) is 5.48. The molecule has 2 aliphatic rings. The largest absolute Gasteiger partial charge is 0.486 e. The number of hydrogen-bond acceptors (Lipinski definition) is 5. The lowest BCUT2D eigenvalue weighted by Gasteiger charge is -2.40. The molecule has 1 N–H and O–H groups in total. The van der Waals surface area contributed by atoms with Crippen LogP contribution in [0.2, 0.25) is 5.02 Å². The van der Waals surface area contributed by atoms with Crippen LogP contribution in [0.25, 0.3) is 11.0 Å². The lowest BCUT2D eigenvalue weighted by atomic mass is 9.99. The first-order valence-corrected chi connectivity index (χ1v) is 9.73. The van der Waals surface area contributed by atoms with E-state index in [4.69, 9.17) is 26.1 Å². The maximum atomic E-state index is 6.22. The number of hydrogen-bond donors (Lipinski definition) is 1. The highest BCUT2D eigenvalue weighted by molar-refractivity contribution is 6.31. The molecule has 7 heteroatoms. The molecule has 6 nitrogen and oxygen atoms in total. The second kappa shape index (κ2) is 7.02. The number of aromatic amines is 1. The molecule has 0 aliphatic carbocycles. The summed E-state index contributed by atoms with van der Waals surface area (Å²) in [6, 6.07) is 9.68. The summed E-state index contributed by atoms with van der Waals surface area (Å²) in [5.41, 5.74) is 1.94. The Bertz CT molecular complexity index is 948. The van der Waals surface area contributed by atoms with Gasteiger partial charge in [-0.2, -0.15) is 0 Å². The fraction of sp³-hybridized carbons (Fsp3) is 0.400. The Labute approximate surface area is 162 Å². The summed E-state index contributed by atoms with van der Waals surface area (Å²) in [5, 5.41) is 0.719. The van der Waals surface area contributed by atoms with Crippen molar-refractivity contribution in [2.45, 2.75) is 24.9 Å². The van der Waals surface area contributed by atoms with E-state index in [0.29, 0.717) is 5.92 Å². The lowest BCUT2D eigenvalue weighted by molar-refractivity contribution is 0.0255. The Hall–Kier alpha value is -2.31. The smallest absolute Gasteiger partial charge is 0.171 e. The van der Waals surface area contributed by atoms with Crippen molar-refractivity contribution in [3.05, 3.63) is 47.4 Å². The number of anilines is 1. The Morgan fingerprint density at radius 1 is 1.19 bits per heavy atom. The summed E-state index contributed by atoms with van der Waals surface area (Å²) in [6.07, 6.45) is 3.89. The molecule has 0 atom stereocenters. The van der Waals surface area contributed by atoms with Gasteiger partial charge in [0.05, 0.1) is 30.2 Å². The van der Waals surface area contributed by atoms with Gasteiger partial charge in [-0.25, -0.2) is 9.97 Å². The van der Waals surface area contributed by atoms with Crippen LogP contribution >= 0.6 is 11.6 Å². The first-order chi connectivity index (χ1) is 13.3. The summed E-state index contributed by atoms with van der Waals surface area (Å²) in [4.78, 5) is 14.9. The van der Waals surface area contributed by atoms with E-state index in [-0.39, 0.29) is 6.10 Å². The van der Waals surface area contributed by atoms with Gasteiger partial charge in [-0.1, -0.05) is 11.6 Å². The van der Waals surface area contributed by atoms with Gasteiger partial charge in [0.2, 0.25) is 0 Å². The number of benzene rings is 1. The number of pyridine rings is 1. The molecule has 0 saturated carbocycles. The highest BCUT2D eigenvalue weighted by atomic mass is 35.5. The predicted molar refractivity (Wildman–Crippen MR) is 105 cm³/mol. The van der Waals surface area contributed by atoms with Gasteiger partial charge < -0.3 is 19.4 Å². The number of ether oxygens (including phenoxy) is 2. The number of fused-ring (bicyclic) bond motifs is 1. The molecule has 0 amide bonds. The number of nitrogens with one attached hydrogen (secondary N) is 1. The van der Waals surface area contributed by atoms with Crippen LogP contribution in [0.4, 0.5) is 5.82 Å². The van der Waals surface area contributed by atoms with Gasteiger partial charge in [-0.15, -0.1) is 0 Å². The average Bonchev–Trinajstić information content (AvgIpc) is 3.05. The summed E-state index contributed by atoms with van der Waals surface area (Å²) < 4.78 is 11.6. The van der Waals surface area contributed by atoms with Gasteiger partial charge in [0.25, 0.3) is 0 Å². The first kappa shape index (κ1) is 16.8. The Balaban J connectivity index is 1.30. The van der Waals surface area contributed by atoms with E-state index in [1.54, 1.807) is 0 Å². The van der Waals surface area contributed by atoms with Gasteiger partial charge in [0.15, 0.2) is 11.6 Å². The van der Waals surface area contributed by atoms with Crippen molar-refractivity contribution in [3.63, 3.8) is 0 Å². The number of imidazole rings is 1. The molecule has 1 aromatic carbocycles. The monoisotopic (exact) mass is 384 g/mol. The average molecular weight is 385 g/mol. The fourth-order valence-electron chi connectivity index (χ4n) is 3.70. The molecule has 0 bridgehead atoms. The fourth-order valence-corrected chi connectivity index (χ4v) is 3.88. The number of aromatic nitrogens is 3. The van der Waals surface area contributed by atoms with E-state index in [2.05, 4.69) is 14.9 Å². The Morgan fingerprint density at radius 3 is 2.89 bits per heavy atom. The van der Waals surface area contributed by atoms with Crippen molar-refractivity contribution in [2.24, 2.45) is 0 Å². The molecule has 2 saturated heterocycles. The molecular formula is C20H21ClN4O2. The van der Waals surface area contributed by atoms with E-state index in [0.717, 1.165) is 72.6 Å². The van der Waals surface area contributed by atoms with Crippen LogP contribution in [0.5, 0.6) is 5.75 Å². The van der Waals surface area contributed by atoms with Crippen LogP contribution in [0, 0.1) is 0 Å². The molecule has 2 aliphatic heterocycles. The van der Waals surface area contributed by atoms with E-state index in [1.807, 2.05) is 36.5 Å². The molecule has 0 radical (unpaired) electrons. The zero-order valence-electron chi connectivity index (χ0n) is 14.9. The maximum absolute atomic E-state index is 6.22. The van der Waals surface area contributed by atoms with E-state index in [1.165, 1.54) is 0 Å². The van der Waals surface area contributed by atoms with Crippen molar-refractivity contribution < 1.29 is 9.47 Å². The molecule has 27 heavy (non-hydrogen) atoms. The minimum absolute atomic E-state index is 0.207. The summed E-state index contributed by atoms with van der Waals surface area (Å²) in [6.45, 7) is 3.27. The summed E-state index contributed by atoms with van der Waals surface area (Å²) in [5.74, 6) is 3.14. The quantitative estimate of drug-likeness (QED) is 0.741. The van der Waals surface area contributed by atoms with Crippen LogP contribution in [-0.4, -0.2) is 47.4 Å². The molecule has 4 heterocycles. The van der Waals surface area contributed by atoms with Crippen LogP contribution < -0.4 is 9.64 Å². The number of rotatable bonds is 4. The standard InChI is InChI=1S/C20H21ClN4O2/c21-14-3-4-16-17(10-14)24-19(23-16)13-11-25(12-13)20-18(2-1-7-22-20)27-15-5-8-26-9-6-15/h1-4,7,10,13,15H,5-6,8-9,11-12H2,(H,23,24). The zero-order chi connectivity index (χ0) is 18.2. The minimum Gasteiger partial charge on any atom is -0.486 e. The normalized spacial score (nSPS) is 18.6. The van der Waals surface area contributed by atoms with Gasteiger partial charge in [0.1, 0.15) is 11.9 Å². The van der Waals surface area contributed by atoms with Crippen LogP contribution in [0.15, 0.2) is 36.5 Å². The molecule has 0 unspecified atom stereocenters. The first-order valence-electron chi connectivity index (χ1n) is 9.36. The maximum Gasteiger partial charge on any atom is 0.171 e.